The molecule has 2 N–H and O–H groups in total. The second kappa shape index (κ2) is 14.4. The molecule has 1 amide bonds. The Morgan fingerprint density at radius 1 is 1.11 bits per heavy atom. The van der Waals surface area contributed by atoms with Crippen LogP contribution in [0.15, 0.2) is 71.8 Å². The number of carbonyl (C=O) groups is 1. The Kier molecular flexibility index (Phi) is 10.5. The molecule has 3 heterocycles. The molecule has 0 radical (unpaired) electrons. The van der Waals surface area contributed by atoms with Gasteiger partial charge >= 0.3 is 6.18 Å². The van der Waals surface area contributed by atoms with Gasteiger partial charge in [-0.1, -0.05) is 19.1 Å². The highest BCUT2D eigenvalue weighted by Gasteiger charge is 2.36. The number of anilines is 1. The summed E-state index contributed by atoms with van der Waals surface area (Å²) >= 11 is 0. The molecule has 248 valence electrons. The molecule has 1 unspecified atom stereocenters. The van der Waals surface area contributed by atoms with Gasteiger partial charge in [-0.05, 0) is 60.5 Å². The molecule has 46 heavy (non-hydrogen) atoms. The van der Waals surface area contributed by atoms with E-state index in [0.717, 1.165) is 18.6 Å². The highest BCUT2D eigenvalue weighted by molar-refractivity contribution is 7.91. The van der Waals surface area contributed by atoms with E-state index in [9.17, 15) is 31.5 Å². The van der Waals surface area contributed by atoms with Crippen molar-refractivity contribution in [3.8, 4) is 5.75 Å². The molecule has 4 atom stereocenters. The number of amides is 1. The number of aliphatic hydroxyl groups is 1. The van der Waals surface area contributed by atoms with Crippen LogP contribution in [0, 0.1) is 0 Å². The van der Waals surface area contributed by atoms with Crippen LogP contribution < -0.4 is 15.0 Å². The average molecular weight is 664 g/mol. The fourth-order valence-electron chi connectivity index (χ4n) is 5.44. The zero-order chi connectivity index (χ0) is 32.9. The number of aromatic nitrogens is 1. The summed E-state index contributed by atoms with van der Waals surface area (Å²) in [4.78, 5) is 19.7. The highest BCUT2D eigenvalue weighted by Crippen LogP contribution is 2.32. The maximum Gasteiger partial charge on any atom is 0.416 e. The van der Waals surface area contributed by atoms with Gasteiger partial charge in [-0.15, -0.1) is 0 Å². The number of nitrogens with zero attached hydrogens (tertiary/aromatic N) is 2. The molecule has 3 aromatic rings. The lowest BCUT2D eigenvalue weighted by atomic mass is 10.1. The molecule has 1 aromatic heterocycles. The summed E-state index contributed by atoms with van der Waals surface area (Å²) in [6.45, 7) is 3.05. The maximum atomic E-state index is 13.1. The summed E-state index contributed by atoms with van der Waals surface area (Å²) in [5, 5.41) is 12.7. The van der Waals surface area contributed by atoms with Crippen LogP contribution in [-0.2, 0) is 25.5 Å². The normalized spacial score (nSPS) is 20.9. The van der Waals surface area contributed by atoms with Crippen LogP contribution >= 0.6 is 0 Å². The van der Waals surface area contributed by atoms with E-state index >= 15 is 0 Å². The van der Waals surface area contributed by atoms with E-state index in [1.54, 1.807) is 31.2 Å². The van der Waals surface area contributed by atoms with Crippen LogP contribution in [0.3, 0.4) is 0 Å². The molecule has 2 aliphatic heterocycles. The first kappa shape index (κ1) is 33.6. The molecule has 0 bridgehead atoms. The van der Waals surface area contributed by atoms with Crippen molar-refractivity contribution < 1.29 is 45.7 Å². The van der Waals surface area contributed by atoms with Gasteiger partial charge in [-0.3, -0.25) is 4.79 Å². The van der Waals surface area contributed by atoms with Gasteiger partial charge in [0.2, 0.25) is 0 Å². The number of carbonyl (C=O) groups excluding carboxylic acids is 1. The van der Waals surface area contributed by atoms with Crippen molar-refractivity contribution in [2.24, 2.45) is 0 Å². The van der Waals surface area contributed by atoms with Crippen LogP contribution in [-0.4, -0.2) is 81.4 Å². The lowest BCUT2D eigenvalue weighted by molar-refractivity contribution is -0.137. The van der Waals surface area contributed by atoms with E-state index in [-0.39, 0.29) is 34.5 Å². The number of ether oxygens (including phenoxy) is 3. The summed E-state index contributed by atoms with van der Waals surface area (Å²) in [6.07, 6.45) is -2.07. The number of nitrogens with one attached hydrogen (secondary N) is 1. The van der Waals surface area contributed by atoms with Crippen LogP contribution in [0.4, 0.5) is 19.0 Å². The van der Waals surface area contributed by atoms with Crippen LogP contribution in [0.5, 0.6) is 5.75 Å². The summed E-state index contributed by atoms with van der Waals surface area (Å²) in [5.41, 5.74) is 0.0408. The standard InChI is InChI=1S/C32H36F3N3O7S/c1-2-46(41,42)28-10-3-21(4-11-28)29(18-39)37-31(40)22-5-12-30(36-16-22)38-17-27(15-24(38)19-44-26-13-14-43-20-26)45-25-8-6-23(7-9-25)32(33,34)35/h3-12,16,24,26-27,29,39H,2,13-15,17-20H2,1H3,(H,37,40)/t24-,26?,27+,29-/m0/s1. The fraction of sp³-hybridized carbons (Fsp3) is 0.438. The summed E-state index contributed by atoms with van der Waals surface area (Å²) in [7, 11) is -3.38. The number of rotatable bonds is 12. The van der Waals surface area contributed by atoms with Gasteiger partial charge < -0.3 is 29.5 Å². The second-order valence-electron chi connectivity index (χ2n) is 11.2. The molecule has 0 aliphatic carbocycles. The molecule has 14 heteroatoms. The molecule has 2 aliphatic rings. The zero-order valence-corrected chi connectivity index (χ0v) is 26.0. The van der Waals surface area contributed by atoms with E-state index in [1.807, 2.05) is 4.90 Å². The van der Waals surface area contributed by atoms with Gasteiger partial charge in [-0.25, -0.2) is 13.4 Å². The monoisotopic (exact) mass is 663 g/mol. The second-order valence-corrected chi connectivity index (χ2v) is 13.5. The summed E-state index contributed by atoms with van der Waals surface area (Å²) < 4.78 is 80.7. The predicted molar refractivity (Wildman–Crippen MR) is 162 cm³/mol. The maximum absolute atomic E-state index is 13.1. The van der Waals surface area contributed by atoms with E-state index in [1.165, 1.54) is 30.5 Å². The Balaban J connectivity index is 1.26. The number of pyridine rings is 1. The number of alkyl halides is 3. The van der Waals surface area contributed by atoms with Crippen molar-refractivity contribution in [1.29, 1.82) is 0 Å². The van der Waals surface area contributed by atoms with Gasteiger partial charge in [0.15, 0.2) is 9.84 Å². The minimum absolute atomic E-state index is 0.0255. The lowest BCUT2D eigenvalue weighted by Crippen LogP contribution is -2.35. The summed E-state index contributed by atoms with van der Waals surface area (Å²) in [5.74, 6) is 0.374. The van der Waals surface area contributed by atoms with Crippen molar-refractivity contribution >= 4 is 21.6 Å². The average Bonchev–Trinajstić information content (AvgIpc) is 3.72. The first-order chi connectivity index (χ1) is 22.0. The fourth-order valence-corrected chi connectivity index (χ4v) is 6.33. The molecular weight excluding hydrogens is 627 g/mol. The van der Waals surface area contributed by atoms with Gasteiger partial charge in [0.05, 0.1) is 66.3 Å². The number of halogens is 3. The van der Waals surface area contributed by atoms with E-state index in [0.29, 0.717) is 49.9 Å². The Hall–Kier alpha value is -3.72. The summed E-state index contributed by atoms with van der Waals surface area (Å²) in [6, 6.07) is 13.0. The predicted octanol–water partition coefficient (Wildman–Crippen LogP) is 4.19. The quantitative estimate of drug-likeness (QED) is 0.293. The third kappa shape index (κ3) is 8.16. The van der Waals surface area contributed by atoms with Crippen molar-refractivity contribution in [1.82, 2.24) is 10.3 Å². The minimum atomic E-state index is -4.44. The third-order valence-electron chi connectivity index (χ3n) is 8.09. The molecule has 5 rings (SSSR count). The van der Waals surface area contributed by atoms with Crippen molar-refractivity contribution in [3.63, 3.8) is 0 Å². The SMILES string of the molecule is CCS(=O)(=O)c1ccc([C@H](CO)NC(=O)c2ccc(N3C[C@H](Oc4ccc(C(F)(F)F)cc4)C[C@H]3COC3CCOC3)nc2)cc1. The largest absolute Gasteiger partial charge is 0.489 e. The highest BCUT2D eigenvalue weighted by atomic mass is 32.2. The zero-order valence-electron chi connectivity index (χ0n) is 25.2. The van der Waals surface area contributed by atoms with Crippen molar-refractivity contribution in [2.75, 3.05) is 43.6 Å². The van der Waals surface area contributed by atoms with E-state index in [4.69, 9.17) is 14.2 Å². The molecule has 0 saturated carbocycles. The Morgan fingerprint density at radius 2 is 1.85 bits per heavy atom. The first-order valence-electron chi connectivity index (χ1n) is 15.0. The van der Waals surface area contributed by atoms with Crippen molar-refractivity contribution in [2.45, 2.75) is 55.1 Å². The van der Waals surface area contributed by atoms with Gasteiger partial charge in [0.25, 0.3) is 5.91 Å². The van der Waals surface area contributed by atoms with Crippen LogP contribution in [0.2, 0.25) is 0 Å². The van der Waals surface area contributed by atoms with Crippen molar-refractivity contribution in [3.05, 3.63) is 83.6 Å². The number of benzene rings is 2. The third-order valence-corrected chi connectivity index (χ3v) is 9.84. The minimum Gasteiger partial charge on any atom is -0.489 e. The molecular formula is C32H36F3N3O7S. The molecule has 2 saturated heterocycles. The van der Waals surface area contributed by atoms with E-state index in [2.05, 4.69) is 10.3 Å². The van der Waals surface area contributed by atoms with Gasteiger partial charge in [0, 0.05) is 19.2 Å². The molecule has 0 spiro atoms. The van der Waals surface area contributed by atoms with Gasteiger partial charge in [-0.2, -0.15) is 13.2 Å². The lowest BCUT2D eigenvalue weighted by Gasteiger charge is -2.26. The topological polar surface area (TPSA) is 127 Å². The number of aliphatic hydroxyl groups excluding tert-OH is 1. The molecule has 2 fully saturated rings. The van der Waals surface area contributed by atoms with Gasteiger partial charge in [0.1, 0.15) is 17.7 Å². The Morgan fingerprint density at radius 3 is 2.43 bits per heavy atom. The van der Waals surface area contributed by atoms with E-state index < -0.39 is 40.1 Å². The number of hydrogen-bond donors (Lipinski definition) is 2. The molecule has 10 nitrogen and oxygen atoms in total. The first-order valence-corrected chi connectivity index (χ1v) is 16.6. The smallest absolute Gasteiger partial charge is 0.416 e. The Bertz CT molecular complexity index is 1560. The van der Waals surface area contributed by atoms with Crippen LogP contribution in [0.1, 0.15) is 47.3 Å². The number of sulfone groups is 1. The Labute approximate surface area is 265 Å². The van der Waals surface area contributed by atoms with Crippen LogP contribution in [0.25, 0.3) is 0 Å². The number of hydrogen-bond acceptors (Lipinski definition) is 9. The molecule has 2 aromatic carbocycles.